The third-order valence-corrected chi connectivity index (χ3v) is 3.93. The molecule has 4 heteroatoms. The van der Waals surface area contributed by atoms with E-state index in [2.05, 4.69) is 6.92 Å². The summed E-state index contributed by atoms with van der Waals surface area (Å²) in [5.74, 6) is 0.721. The minimum Gasteiger partial charge on any atom is -0.447 e. The Bertz CT molecular complexity index is 244. The van der Waals surface area contributed by atoms with Crippen LogP contribution in [-0.2, 0) is 4.74 Å². The summed E-state index contributed by atoms with van der Waals surface area (Å²) < 4.78 is 5.33. The van der Waals surface area contributed by atoms with Crippen LogP contribution in [-0.4, -0.2) is 36.2 Å². The van der Waals surface area contributed by atoms with Crippen molar-refractivity contribution in [2.75, 3.05) is 19.7 Å². The van der Waals surface area contributed by atoms with Crippen molar-refractivity contribution in [2.45, 2.75) is 52.0 Å². The van der Waals surface area contributed by atoms with Crippen molar-refractivity contribution in [1.29, 1.82) is 0 Å². The molecule has 100 valence electrons. The Kier molecular flexibility index (Phi) is 5.25. The molecule has 0 aromatic heterocycles. The van der Waals surface area contributed by atoms with E-state index in [0.717, 1.165) is 44.7 Å². The van der Waals surface area contributed by atoms with Gasteiger partial charge in [-0.25, -0.2) is 4.79 Å². The lowest BCUT2D eigenvalue weighted by Gasteiger charge is -2.32. The number of nitrogens with two attached hydrogens (primary N) is 1. The van der Waals surface area contributed by atoms with E-state index in [4.69, 9.17) is 10.5 Å². The van der Waals surface area contributed by atoms with Crippen molar-refractivity contribution in [2.24, 2.45) is 11.7 Å². The van der Waals surface area contributed by atoms with Crippen LogP contribution in [0.3, 0.4) is 0 Å². The van der Waals surface area contributed by atoms with E-state index < -0.39 is 0 Å². The molecule has 0 aromatic carbocycles. The second-order valence-electron chi connectivity index (χ2n) is 5.29. The van der Waals surface area contributed by atoms with Gasteiger partial charge in [0.2, 0.25) is 0 Å². The zero-order valence-corrected chi connectivity index (χ0v) is 11.4. The summed E-state index contributed by atoms with van der Waals surface area (Å²) in [7, 11) is 0. The van der Waals surface area contributed by atoms with Crippen LogP contribution >= 0.6 is 0 Å². The Morgan fingerprint density at radius 3 is 2.35 bits per heavy atom. The third-order valence-electron chi connectivity index (χ3n) is 3.93. The number of rotatable bonds is 4. The SMILES string of the molecule is CCC(N)(CC)COC(=O)N1CCC(C)CC1. The molecule has 1 fully saturated rings. The molecule has 0 bridgehead atoms. The number of piperidine rings is 1. The smallest absolute Gasteiger partial charge is 0.409 e. The van der Waals surface area contributed by atoms with Crippen molar-refractivity contribution in [3.63, 3.8) is 0 Å². The van der Waals surface area contributed by atoms with Crippen molar-refractivity contribution in [3.05, 3.63) is 0 Å². The van der Waals surface area contributed by atoms with Gasteiger partial charge in [0.1, 0.15) is 6.61 Å². The number of amides is 1. The number of ether oxygens (including phenoxy) is 1. The zero-order valence-electron chi connectivity index (χ0n) is 11.4. The molecule has 1 amide bonds. The van der Waals surface area contributed by atoms with Gasteiger partial charge in [0.05, 0.1) is 0 Å². The number of likely N-dealkylation sites (tertiary alicyclic amines) is 1. The van der Waals surface area contributed by atoms with E-state index in [9.17, 15) is 4.79 Å². The first kappa shape index (κ1) is 14.3. The van der Waals surface area contributed by atoms with E-state index in [1.165, 1.54) is 0 Å². The van der Waals surface area contributed by atoms with Crippen LogP contribution in [0.15, 0.2) is 0 Å². The molecule has 1 rings (SSSR count). The molecule has 0 aliphatic carbocycles. The molecular formula is C13H26N2O2. The number of carbonyl (C=O) groups is 1. The Morgan fingerprint density at radius 2 is 1.88 bits per heavy atom. The van der Waals surface area contributed by atoms with E-state index >= 15 is 0 Å². The first-order chi connectivity index (χ1) is 8.00. The maximum Gasteiger partial charge on any atom is 0.409 e. The average molecular weight is 242 g/mol. The van der Waals surface area contributed by atoms with Crippen LogP contribution in [0.2, 0.25) is 0 Å². The van der Waals surface area contributed by atoms with E-state index in [0.29, 0.717) is 6.61 Å². The summed E-state index contributed by atoms with van der Waals surface area (Å²) in [5.41, 5.74) is 5.74. The molecule has 0 aromatic rings. The molecule has 1 saturated heterocycles. The Labute approximate surface area is 104 Å². The number of carbonyl (C=O) groups excluding carboxylic acids is 1. The van der Waals surface area contributed by atoms with Crippen molar-refractivity contribution >= 4 is 6.09 Å². The predicted octanol–water partition coefficient (Wildman–Crippen LogP) is 2.37. The second-order valence-corrected chi connectivity index (χ2v) is 5.29. The molecule has 0 atom stereocenters. The first-order valence-electron chi connectivity index (χ1n) is 6.71. The fraction of sp³-hybridized carbons (Fsp3) is 0.923. The van der Waals surface area contributed by atoms with Crippen LogP contribution in [0.1, 0.15) is 46.5 Å². The highest BCUT2D eigenvalue weighted by molar-refractivity contribution is 5.67. The highest BCUT2D eigenvalue weighted by atomic mass is 16.6. The molecular weight excluding hydrogens is 216 g/mol. The van der Waals surface area contributed by atoms with Gasteiger partial charge in [0.25, 0.3) is 0 Å². The fourth-order valence-corrected chi connectivity index (χ4v) is 1.94. The second kappa shape index (κ2) is 6.24. The van der Waals surface area contributed by atoms with Crippen LogP contribution in [0.25, 0.3) is 0 Å². The van der Waals surface area contributed by atoms with Gasteiger partial charge in [-0.05, 0) is 31.6 Å². The van der Waals surface area contributed by atoms with Gasteiger partial charge in [-0.1, -0.05) is 20.8 Å². The lowest BCUT2D eigenvalue weighted by atomic mass is 9.96. The predicted molar refractivity (Wildman–Crippen MR) is 68.8 cm³/mol. The summed E-state index contributed by atoms with van der Waals surface area (Å²) in [6.07, 6.45) is 3.60. The molecule has 0 radical (unpaired) electrons. The summed E-state index contributed by atoms with van der Waals surface area (Å²) in [5, 5.41) is 0. The van der Waals surface area contributed by atoms with Gasteiger partial charge in [0.15, 0.2) is 0 Å². The minimum atomic E-state index is -0.362. The monoisotopic (exact) mass is 242 g/mol. The van der Waals surface area contributed by atoms with E-state index in [-0.39, 0.29) is 11.6 Å². The molecule has 2 N–H and O–H groups in total. The van der Waals surface area contributed by atoms with Crippen molar-refractivity contribution in [3.8, 4) is 0 Å². The van der Waals surface area contributed by atoms with E-state index in [1.807, 2.05) is 13.8 Å². The number of nitrogens with zero attached hydrogens (tertiary/aromatic N) is 1. The molecule has 0 spiro atoms. The van der Waals surface area contributed by atoms with Crippen LogP contribution in [0.4, 0.5) is 4.79 Å². The molecule has 0 unspecified atom stereocenters. The quantitative estimate of drug-likeness (QED) is 0.823. The standard InChI is InChI=1S/C13H26N2O2/c1-4-13(14,5-2)10-17-12(16)15-8-6-11(3)7-9-15/h11H,4-10,14H2,1-3H3. The molecule has 17 heavy (non-hydrogen) atoms. The topological polar surface area (TPSA) is 55.6 Å². The highest BCUT2D eigenvalue weighted by Gasteiger charge is 2.26. The molecule has 1 aliphatic heterocycles. The normalized spacial score (nSPS) is 18.2. The van der Waals surface area contributed by atoms with Gasteiger partial charge in [-0.3, -0.25) is 0 Å². The number of hydrogen-bond acceptors (Lipinski definition) is 3. The van der Waals surface area contributed by atoms with Crippen molar-refractivity contribution < 1.29 is 9.53 Å². The van der Waals surface area contributed by atoms with Crippen LogP contribution < -0.4 is 5.73 Å². The fourth-order valence-electron chi connectivity index (χ4n) is 1.94. The number of hydrogen-bond donors (Lipinski definition) is 1. The zero-order chi connectivity index (χ0) is 12.9. The molecule has 1 aliphatic rings. The molecule has 4 nitrogen and oxygen atoms in total. The third kappa shape index (κ3) is 4.19. The Morgan fingerprint density at radius 1 is 1.35 bits per heavy atom. The first-order valence-corrected chi connectivity index (χ1v) is 6.71. The Balaban J connectivity index is 2.34. The average Bonchev–Trinajstić information content (AvgIpc) is 2.36. The minimum absolute atomic E-state index is 0.200. The van der Waals surface area contributed by atoms with Gasteiger partial charge in [-0.15, -0.1) is 0 Å². The van der Waals surface area contributed by atoms with E-state index in [1.54, 1.807) is 4.90 Å². The van der Waals surface area contributed by atoms with Gasteiger partial charge < -0.3 is 15.4 Å². The lowest BCUT2D eigenvalue weighted by molar-refractivity contribution is 0.0681. The highest BCUT2D eigenvalue weighted by Crippen LogP contribution is 2.17. The van der Waals surface area contributed by atoms with Crippen LogP contribution in [0, 0.1) is 5.92 Å². The van der Waals surface area contributed by atoms with Crippen LogP contribution in [0.5, 0.6) is 0 Å². The lowest BCUT2D eigenvalue weighted by Crippen LogP contribution is -2.46. The van der Waals surface area contributed by atoms with Gasteiger partial charge in [0, 0.05) is 18.6 Å². The van der Waals surface area contributed by atoms with Gasteiger partial charge >= 0.3 is 6.09 Å². The maximum absolute atomic E-state index is 11.8. The van der Waals surface area contributed by atoms with Crippen molar-refractivity contribution in [1.82, 2.24) is 4.90 Å². The summed E-state index contributed by atoms with van der Waals surface area (Å²) >= 11 is 0. The largest absolute Gasteiger partial charge is 0.447 e. The molecule has 0 saturated carbocycles. The summed E-state index contributed by atoms with van der Waals surface area (Å²) in [4.78, 5) is 13.6. The van der Waals surface area contributed by atoms with Gasteiger partial charge in [-0.2, -0.15) is 0 Å². The Hall–Kier alpha value is -0.770. The summed E-state index contributed by atoms with van der Waals surface area (Å²) in [6.45, 7) is 8.23. The summed E-state index contributed by atoms with van der Waals surface area (Å²) in [6, 6.07) is 0. The molecule has 1 heterocycles. The maximum atomic E-state index is 11.8.